The first kappa shape index (κ1) is 14.1. The molecule has 1 N–H and O–H groups in total. The largest absolute Gasteiger partial charge is 0.416 e. The first-order valence-corrected chi connectivity index (χ1v) is 6.27. The molecule has 1 aromatic carbocycles. The molecule has 0 fully saturated rings. The van der Waals surface area contributed by atoms with Gasteiger partial charge >= 0.3 is 12.1 Å². The summed E-state index contributed by atoms with van der Waals surface area (Å²) >= 11 is 0. The van der Waals surface area contributed by atoms with Gasteiger partial charge in [-0.25, -0.2) is 9.79 Å². The highest BCUT2D eigenvalue weighted by molar-refractivity contribution is 6.12. The van der Waals surface area contributed by atoms with Gasteiger partial charge in [-0.15, -0.1) is 0 Å². The number of nitrogens with zero attached hydrogens (tertiary/aromatic N) is 1. The molecule has 22 heavy (non-hydrogen) atoms. The molecular weight excluding hydrogens is 297 g/mol. The molecule has 112 valence electrons. The molecule has 1 aliphatic rings. The molecule has 0 radical (unpaired) electrons. The van der Waals surface area contributed by atoms with Crippen molar-refractivity contribution in [2.75, 3.05) is 0 Å². The lowest BCUT2D eigenvalue weighted by atomic mass is 10.1. The predicted molar refractivity (Wildman–Crippen MR) is 72.8 cm³/mol. The number of ether oxygens (including phenoxy) is 1. The van der Waals surface area contributed by atoms with E-state index in [1.165, 1.54) is 18.2 Å². The fraction of sp³-hybridized carbons (Fsp3) is 0.0667. The quantitative estimate of drug-likeness (QED) is 0.683. The standard InChI is InChI=1S/C15H9F3N2O2/c16-15(17,18)10-5-3-9(4-6-10)13-20-12(14(21)22-13)8-11-2-1-7-19-11/h1-8,19H. The summed E-state index contributed by atoms with van der Waals surface area (Å²) in [6, 6.07) is 7.76. The van der Waals surface area contributed by atoms with E-state index in [4.69, 9.17) is 4.74 Å². The fourth-order valence-electron chi connectivity index (χ4n) is 1.92. The van der Waals surface area contributed by atoms with E-state index in [1.54, 1.807) is 18.3 Å². The van der Waals surface area contributed by atoms with Crippen molar-refractivity contribution in [2.45, 2.75) is 6.18 Å². The van der Waals surface area contributed by atoms with Gasteiger partial charge in [0.25, 0.3) is 0 Å². The van der Waals surface area contributed by atoms with Crippen LogP contribution in [0.1, 0.15) is 16.8 Å². The lowest BCUT2D eigenvalue weighted by molar-refractivity contribution is -0.137. The van der Waals surface area contributed by atoms with E-state index in [0.717, 1.165) is 12.1 Å². The summed E-state index contributed by atoms with van der Waals surface area (Å²) in [6.07, 6.45) is -1.22. The highest BCUT2D eigenvalue weighted by atomic mass is 19.4. The van der Waals surface area contributed by atoms with Crippen LogP contribution in [0.3, 0.4) is 0 Å². The lowest BCUT2D eigenvalue weighted by Crippen LogP contribution is -2.08. The van der Waals surface area contributed by atoms with Gasteiger partial charge in [0.2, 0.25) is 5.90 Å². The number of rotatable bonds is 2. The van der Waals surface area contributed by atoms with Crippen molar-refractivity contribution in [3.63, 3.8) is 0 Å². The number of esters is 1. The summed E-state index contributed by atoms with van der Waals surface area (Å²) in [5, 5.41) is 0. The molecule has 4 nitrogen and oxygen atoms in total. The number of hydrogen-bond donors (Lipinski definition) is 1. The molecule has 0 atom stereocenters. The van der Waals surface area contributed by atoms with E-state index < -0.39 is 17.7 Å². The molecule has 0 bridgehead atoms. The summed E-state index contributed by atoms with van der Waals surface area (Å²) in [6.45, 7) is 0. The number of nitrogens with one attached hydrogen (secondary N) is 1. The van der Waals surface area contributed by atoms with Crippen LogP contribution < -0.4 is 0 Å². The van der Waals surface area contributed by atoms with Crippen molar-refractivity contribution in [3.05, 3.63) is 65.1 Å². The number of aliphatic imine (C=N–C) groups is 1. The Kier molecular flexibility index (Phi) is 3.32. The van der Waals surface area contributed by atoms with E-state index >= 15 is 0 Å². The topological polar surface area (TPSA) is 54.4 Å². The number of alkyl halides is 3. The average Bonchev–Trinajstić information content (AvgIpc) is 3.09. The summed E-state index contributed by atoms with van der Waals surface area (Å²) in [5.74, 6) is -0.666. The van der Waals surface area contributed by atoms with E-state index in [-0.39, 0.29) is 11.6 Å². The molecule has 0 spiro atoms. The van der Waals surface area contributed by atoms with Crippen molar-refractivity contribution in [2.24, 2.45) is 4.99 Å². The Bertz CT molecular complexity index is 757. The zero-order valence-electron chi connectivity index (χ0n) is 11.0. The Morgan fingerprint density at radius 2 is 1.86 bits per heavy atom. The Morgan fingerprint density at radius 3 is 2.45 bits per heavy atom. The van der Waals surface area contributed by atoms with Gasteiger partial charge in [0.05, 0.1) is 5.56 Å². The fourth-order valence-corrected chi connectivity index (χ4v) is 1.92. The maximum absolute atomic E-state index is 12.5. The average molecular weight is 306 g/mol. The summed E-state index contributed by atoms with van der Waals surface area (Å²) in [7, 11) is 0. The first-order chi connectivity index (χ1) is 10.4. The zero-order chi connectivity index (χ0) is 15.7. The third kappa shape index (κ3) is 2.78. The van der Waals surface area contributed by atoms with Gasteiger partial charge < -0.3 is 9.72 Å². The van der Waals surface area contributed by atoms with Crippen LogP contribution in [-0.2, 0) is 15.7 Å². The number of carbonyl (C=O) groups excluding carboxylic acids is 1. The molecule has 0 saturated carbocycles. The van der Waals surface area contributed by atoms with Gasteiger partial charge in [0.1, 0.15) is 0 Å². The molecule has 7 heteroatoms. The van der Waals surface area contributed by atoms with Crippen molar-refractivity contribution in [3.8, 4) is 0 Å². The molecule has 2 aromatic rings. The smallest absolute Gasteiger partial charge is 0.402 e. The van der Waals surface area contributed by atoms with Gasteiger partial charge in [0.15, 0.2) is 5.70 Å². The van der Waals surface area contributed by atoms with Crippen LogP contribution in [0.15, 0.2) is 53.3 Å². The highest BCUT2D eigenvalue weighted by Gasteiger charge is 2.31. The van der Waals surface area contributed by atoms with Gasteiger partial charge in [-0.05, 0) is 42.5 Å². The third-order valence-corrected chi connectivity index (χ3v) is 2.99. The van der Waals surface area contributed by atoms with Crippen molar-refractivity contribution >= 4 is 17.9 Å². The maximum Gasteiger partial charge on any atom is 0.416 e. The minimum atomic E-state index is -4.41. The van der Waals surface area contributed by atoms with Crippen LogP contribution >= 0.6 is 0 Å². The summed E-state index contributed by atoms with van der Waals surface area (Å²) in [5.41, 5.74) is 0.279. The number of halogens is 3. The minimum Gasteiger partial charge on any atom is -0.402 e. The molecule has 0 unspecified atom stereocenters. The molecule has 2 heterocycles. The molecule has 0 saturated heterocycles. The van der Waals surface area contributed by atoms with Crippen LogP contribution in [0, 0.1) is 0 Å². The van der Waals surface area contributed by atoms with E-state index in [2.05, 4.69) is 9.98 Å². The van der Waals surface area contributed by atoms with Crippen LogP contribution in [0.25, 0.3) is 6.08 Å². The Morgan fingerprint density at radius 1 is 1.14 bits per heavy atom. The lowest BCUT2D eigenvalue weighted by Gasteiger charge is -2.06. The molecule has 1 aliphatic heterocycles. The van der Waals surface area contributed by atoms with E-state index in [0.29, 0.717) is 11.3 Å². The number of aromatic nitrogens is 1. The summed E-state index contributed by atoms with van der Waals surface area (Å²) in [4.78, 5) is 18.6. The predicted octanol–water partition coefficient (Wildman–Crippen LogP) is 3.38. The normalized spacial score (nSPS) is 16.8. The third-order valence-electron chi connectivity index (χ3n) is 2.99. The number of cyclic esters (lactones) is 1. The van der Waals surface area contributed by atoms with Crippen molar-refractivity contribution < 1.29 is 22.7 Å². The van der Waals surface area contributed by atoms with Crippen LogP contribution in [0.2, 0.25) is 0 Å². The number of H-pyrrole nitrogens is 1. The zero-order valence-corrected chi connectivity index (χ0v) is 11.0. The number of aromatic amines is 1. The Hall–Kier alpha value is -2.83. The monoisotopic (exact) mass is 306 g/mol. The molecule has 1 aromatic heterocycles. The number of carbonyl (C=O) groups is 1. The molecule has 0 amide bonds. The number of hydrogen-bond acceptors (Lipinski definition) is 3. The molecule has 0 aliphatic carbocycles. The van der Waals surface area contributed by atoms with Gasteiger partial charge in [-0.3, -0.25) is 0 Å². The van der Waals surface area contributed by atoms with Crippen molar-refractivity contribution in [1.29, 1.82) is 0 Å². The van der Waals surface area contributed by atoms with Crippen LogP contribution in [-0.4, -0.2) is 16.9 Å². The second-order valence-electron chi connectivity index (χ2n) is 4.54. The first-order valence-electron chi connectivity index (χ1n) is 6.27. The van der Waals surface area contributed by atoms with E-state index in [9.17, 15) is 18.0 Å². The van der Waals surface area contributed by atoms with Gasteiger partial charge in [-0.2, -0.15) is 13.2 Å². The SMILES string of the molecule is O=C1OC(c2ccc(C(F)(F)F)cc2)=NC1=Cc1ccc[nH]1. The second kappa shape index (κ2) is 5.18. The Labute approximate surface area is 122 Å². The van der Waals surface area contributed by atoms with Crippen molar-refractivity contribution in [1.82, 2.24) is 4.98 Å². The van der Waals surface area contributed by atoms with Crippen LogP contribution in [0.4, 0.5) is 13.2 Å². The number of benzene rings is 1. The minimum absolute atomic E-state index is 0.0171. The Balaban J connectivity index is 1.88. The molecular formula is C15H9F3N2O2. The second-order valence-corrected chi connectivity index (χ2v) is 4.54. The van der Waals surface area contributed by atoms with Gasteiger partial charge in [-0.1, -0.05) is 0 Å². The van der Waals surface area contributed by atoms with Gasteiger partial charge in [0, 0.05) is 17.5 Å². The molecule has 3 rings (SSSR count). The highest BCUT2D eigenvalue weighted by Crippen LogP contribution is 2.29. The maximum atomic E-state index is 12.5. The summed E-state index contributed by atoms with van der Waals surface area (Å²) < 4.78 is 42.5. The van der Waals surface area contributed by atoms with E-state index in [1.807, 2.05) is 0 Å². The van der Waals surface area contributed by atoms with Crippen LogP contribution in [0.5, 0.6) is 0 Å².